The molecule has 0 aliphatic carbocycles. The molecule has 4 rings (SSSR count). The molecule has 14 heteroatoms. The van der Waals surface area contributed by atoms with E-state index in [2.05, 4.69) is 10.6 Å². The van der Waals surface area contributed by atoms with Gasteiger partial charge in [-0.15, -0.1) is 11.3 Å². The van der Waals surface area contributed by atoms with Crippen LogP contribution in [-0.4, -0.2) is 51.6 Å². The highest BCUT2D eigenvalue weighted by Gasteiger charge is 2.29. The Hall–Kier alpha value is -5.24. The molecule has 248 valence electrons. The number of aryl methyl sites for hydroxylation is 1. The van der Waals surface area contributed by atoms with Crippen LogP contribution < -0.4 is 26.6 Å². The van der Waals surface area contributed by atoms with Crippen molar-refractivity contribution in [3.05, 3.63) is 97.5 Å². The molecule has 0 fully saturated rings. The fourth-order valence-electron chi connectivity index (χ4n) is 4.52. The molecule has 1 unspecified atom stereocenters. The predicted octanol–water partition coefficient (Wildman–Crippen LogP) is 3.30. The van der Waals surface area contributed by atoms with Crippen LogP contribution in [0.15, 0.2) is 70.3 Å². The summed E-state index contributed by atoms with van der Waals surface area (Å²) in [5, 5.41) is 5.21. The third-order valence-corrected chi connectivity index (χ3v) is 8.05. The van der Waals surface area contributed by atoms with Crippen LogP contribution in [0.4, 0.5) is 4.79 Å². The highest BCUT2D eigenvalue weighted by molar-refractivity contribution is 7.20. The van der Waals surface area contributed by atoms with Gasteiger partial charge in [0.1, 0.15) is 28.8 Å². The van der Waals surface area contributed by atoms with E-state index >= 15 is 0 Å². The maximum Gasteiger partial charge on any atom is 0.408 e. The number of carbonyl (C=O) groups excluding carboxylic acids is 4. The minimum atomic E-state index is -1.47. The van der Waals surface area contributed by atoms with Crippen molar-refractivity contribution in [2.75, 3.05) is 7.11 Å². The predicted molar refractivity (Wildman–Crippen MR) is 175 cm³/mol. The highest BCUT2D eigenvalue weighted by atomic mass is 32.1. The molecule has 2 amide bonds. The quantitative estimate of drug-likeness (QED) is 0.216. The monoisotopic (exact) mass is 664 g/mol. The van der Waals surface area contributed by atoms with Crippen LogP contribution in [0.3, 0.4) is 0 Å². The Kier molecular flexibility index (Phi) is 11.0. The van der Waals surface area contributed by atoms with Crippen molar-refractivity contribution in [3.8, 4) is 5.75 Å². The first-order valence-electron chi connectivity index (χ1n) is 14.6. The lowest BCUT2D eigenvalue weighted by Crippen LogP contribution is -2.48. The second-order valence-electron chi connectivity index (χ2n) is 11.6. The Morgan fingerprint density at radius 2 is 1.64 bits per heavy atom. The van der Waals surface area contributed by atoms with E-state index in [9.17, 15) is 28.8 Å². The number of hydrogen-bond acceptors (Lipinski definition) is 10. The van der Waals surface area contributed by atoms with E-state index in [1.807, 2.05) is 0 Å². The number of ketones is 1. The fourth-order valence-corrected chi connectivity index (χ4v) is 5.54. The lowest BCUT2D eigenvalue weighted by molar-refractivity contribution is -0.156. The third kappa shape index (κ3) is 9.16. The number of methoxy groups -OCH3 is 1. The van der Waals surface area contributed by atoms with Gasteiger partial charge in [-0.05, 0) is 50.1 Å². The van der Waals surface area contributed by atoms with Crippen LogP contribution in [0.5, 0.6) is 5.75 Å². The summed E-state index contributed by atoms with van der Waals surface area (Å²) >= 11 is 0.959. The second kappa shape index (κ2) is 14.9. The SMILES string of the molecule is COc1ccc(CNC(=O)c2cc3c(=O)n(CC(=O)C(CC(=O)OC(C)(C)C)NC(=O)OCc4ccccc4)c(=O)n(C)c3s2)cc1. The fraction of sp³-hybridized carbons (Fsp3) is 0.333. The number of benzene rings is 2. The van der Waals surface area contributed by atoms with E-state index in [-0.39, 0.29) is 28.2 Å². The number of thiophene rings is 1. The van der Waals surface area contributed by atoms with Gasteiger partial charge in [0.15, 0.2) is 5.78 Å². The normalized spacial score (nSPS) is 11.9. The molecule has 0 aliphatic rings. The van der Waals surface area contributed by atoms with Crippen molar-refractivity contribution in [3.63, 3.8) is 0 Å². The molecule has 2 heterocycles. The molecule has 0 radical (unpaired) electrons. The summed E-state index contributed by atoms with van der Waals surface area (Å²) in [6.45, 7) is 4.31. The lowest BCUT2D eigenvalue weighted by Gasteiger charge is -2.22. The van der Waals surface area contributed by atoms with Crippen LogP contribution in [0.2, 0.25) is 0 Å². The van der Waals surface area contributed by atoms with Crippen LogP contribution >= 0.6 is 11.3 Å². The number of nitrogens with zero attached hydrogens (tertiary/aromatic N) is 2. The molecule has 47 heavy (non-hydrogen) atoms. The first-order valence-corrected chi connectivity index (χ1v) is 15.4. The van der Waals surface area contributed by atoms with E-state index in [0.29, 0.717) is 15.9 Å². The number of rotatable bonds is 12. The van der Waals surface area contributed by atoms with Crippen LogP contribution in [0.1, 0.15) is 48.0 Å². The molecule has 2 N–H and O–H groups in total. The van der Waals surface area contributed by atoms with Gasteiger partial charge in [-0.1, -0.05) is 42.5 Å². The first kappa shape index (κ1) is 34.6. The maximum absolute atomic E-state index is 13.5. The van der Waals surface area contributed by atoms with Gasteiger partial charge in [-0.2, -0.15) is 0 Å². The number of esters is 1. The van der Waals surface area contributed by atoms with Gasteiger partial charge in [-0.3, -0.25) is 28.3 Å². The summed E-state index contributed by atoms with van der Waals surface area (Å²) in [7, 11) is 2.97. The molecule has 1 atom stereocenters. The van der Waals surface area contributed by atoms with Crippen LogP contribution in [0, 0.1) is 0 Å². The van der Waals surface area contributed by atoms with E-state index in [4.69, 9.17) is 14.2 Å². The summed E-state index contributed by atoms with van der Waals surface area (Å²) in [4.78, 5) is 78.9. The maximum atomic E-state index is 13.5. The Balaban J connectivity index is 1.54. The summed E-state index contributed by atoms with van der Waals surface area (Å²) in [6, 6.07) is 15.9. The third-order valence-electron chi connectivity index (χ3n) is 6.84. The van der Waals surface area contributed by atoms with Crippen molar-refractivity contribution in [1.29, 1.82) is 0 Å². The number of nitrogens with one attached hydrogen (secondary N) is 2. The number of ether oxygens (including phenoxy) is 3. The molecule has 0 saturated heterocycles. The van der Waals surface area contributed by atoms with Gasteiger partial charge in [0.05, 0.1) is 30.3 Å². The highest BCUT2D eigenvalue weighted by Crippen LogP contribution is 2.22. The summed E-state index contributed by atoms with van der Waals surface area (Å²) in [6.07, 6.45) is -1.54. The van der Waals surface area contributed by atoms with Crippen molar-refractivity contribution in [1.82, 2.24) is 19.8 Å². The molecule has 0 saturated carbocycles. The van der Waals surface area contributed by atoms with E-state index in [0.717, 1.165) is 16.9 Å². The number of carbonyl (C=O) groups is 4. The van der Waals surface area contributed by atoms with Crippen LogP contribution in [0.25, 0.3) is 10.2 Å². The van der Waals surface area contributed by atoms with Gasteiger partial charge >= 0.3 is 17.8 Å². The van der Waals surface area contributed by atoms with E-state index < -0.39 is 59.6 Å². The summed E-state index contributed by atoms with van der Waals surface area (Å²) < 4.78 is 17.6. The topological polar surface area (TPSA) is 164 Å². The zero-order chi connectivity index (χ0) is 34.3. The average Bonchev–Trinajstić information content (AvgIpc) is 3.49. The Labute approximate surface area is 274 Å². The van der Waals surface area contributed by atoms with Crippen molar-refractivity contribution in [2.24, 2.45) is 7.05 Å². The van der Waals surface area contributed by atoms with Gasteiger partial charge in [0.25, 0.3) is 11.5 Å². The Morgan fingerprint density at radius 3 is 2.28 bits per heavy atom. The number of aromatic nitrogens is 2. The minimum Gasteiger partial charge on any atom is -0.497 e. The Bertz CT molecular complexity index is 1890. The number of hydrogen-bond donors (Lipinski definition) is 2. The molecule has 13 nitrogen and oxygen atoms in total. The summed E-state index contributed by atoms with van der Waals surface area (Å²) in [5.74, 6) is -1.36. The lowest BCUT2D eigenvalue weighted by atomic mass is 10.1. The van der Waals surface area contributed by atoms with Crippen molar-refractivity contribution in [2.45, 2.75) is 58.5 Å². The second-order valence-corrected chi connectivity index (χ2v) is 12.6. The average molecular weight is 665 g/mol. The van der Waals surface area contributed by atoms with Crippen LogP contribution in [-0.2, 0) is 45.8 Å². The van der Waals surface area contributed by atoms with E-state index in [1.54, 1.807) is 82.5 Å². The largest absolute Gasteiger partial charge is 0.497 e. The molecular formula is C33H36N4O9S. The molecule has 2 aromatic carbocycles. The number of amides is 2. The zero-order valence-electron chi connectivity index (χ0n) is 26.7. The zero-order valence-corrected chi connectivity index (χ0v) is 27.5. The Morgan fingerprint density at radius 1 is 0.957 bits per heavy atom. The molecule has 0 spiro atoms. The van der Waals surface area contributed by atoms with Gasteiger partial charge in [-0.25, -0.2) is 9.59 Å². The molecular weight excluding hydrogens is 628 g/mol. The smallest absolute Gasteiger partial charge is 0.408 e. The number of alkyl carbamates (subject to hydrolysis) is 1. The number of Topliss-reactive ketones (excluding diaryl/α,β-unsaturated/α-hetero) is 1. The molecule has 2 aromatic heterocycles. The number of fused-ring (bicyclic) bond motifs is 1. The van der Waals surface area contributed by atoms with Gasteiger partial charge in [0.2, 0.25) is 0 Å². The van der Waals surface area contributed by atoms with Crippen molar-refractivity contribution >= 4 is 45.3 Å². The van der Waals surface area contributed by atoms with Gasteiger partial charge in [0, 0.05) is 13.6 Å². The van der Waals surface area contributed by atoms with E-state index in [1.165, 1.54) is 17.7 Å². The molecule has 0 bridgehead atoms. The molecule has 4 aromatic rings. The van der Waals surface area contributed by atoms with Crippen molar-refractivity contribution < 1.29 is 33.4 Å². The standard InChI is InChI=1S/C33H36N4O9S/c1-33(2,3)46-27(39)16-24(35-31(42)45-19-21-9-7-6-8-10-21)25(38)18-37-29(41)23-15-26(47-30(23)36(4)32(37)43)28(40)34-17-20-11-13-22(44-5)14-12-20/h6-15,24H,16-19H2,1-5H3,(H,34,40)(H,35,42). The van der Waals surface area contributed by atoms with Gasteiger partial charge < -0.3 is 24.8 Å². The minimum absolute atomic E-state index is 0.0541. The first-order chi connectivity index (χ1) is 22.3. The molecule has 0 aliphatic heterocycles. The summed E-state index contributed by atoms with van der Waals surface area (Å²) in [5.41, 5.74) is -0.957.